The summed E-state index contributed by atoms with van der Waals surface area (Å²) in [5.74, 6) is 2.38. The second-order valence-electron chi connectivity index (χ2n) is 6.00. The number of nitrogens with two attached hydrogens (primary N) is 1. The molecule has 1 aromatic carbocycles. The summed E-state index contributed by atoms with van der Waals surface area (Å²) in [6, 6.07) is 7.39. The van der Waals surface area contributed by atoms with Crippen LogP contribution in [0.3, 0.4) is 0 Å². The molecular weight excluding hydrogens is 350 g/mol. The third kappa shape index (κ3) is 3.28. The van der Waals surface area contributed by atoms with E-state index in [9.17, 15) is 0 Å². The number of ether oxygens (including phenoxy) is 2. The minimum absolute atomic E-state index is 0.475. The minimum atomic E-state index is 0.475. The van der Waals surface area contributed by atoms with E-state index in [1.807, 2.05) is 24.3 Å². The Morgan fingerprint density at radius 1 is 1.15 bits per heavy atom. The molecule has 0 radical (unpaired) electrons. The largest absolute Gasteiger partial charge is 0.497 e. The molecular formula is C18H19N5O2S. The highest BCUT2D eigenvalue weighted by molar-refractivity contribution is 7.18. The van der Waals surface area contributed by atoms with Crippen molar-refractivity contribution < 1.29 is 9.47 Å². The van der Waals surface area contributed by atoms with Crippen molar-refractivity contribution >= 4 is 28.1 Å². The van der Waals surface area contributed by atoms with Crippen LogP contribution in [0.25, 0.3) is 10.6 Å². The molecule has 2 aromatic heterocycles. The smallest absolute Gasteiger partial charge is 0.227 e. The molecule has 0 atom stereocenters. The average Bonchev–Trinajstić information content (AvgIpc) is 3.43. The standard InChI is InChI=1S/C18H19N5O2S/c1-24-11-5-6-14(25-2)13(9-11)22-18-20-8-7-12(21-18)16-15(10-3-4-10)23-17(19)26-16/h5-10H,3-4H2,1-2H3,(H2,19,23)(H,20,21,22). The Morgan fingerprint density at radius 3 is 2.73 bits per heavy atom. The molecule has 3 aromatic rings. The summed E-state index contributed by atoms with van der Waals surface area (Å²) in [7, 11) is 3.24. The number of anilines is 3. The van der Waals surface area contributed by atoms with Crippen LogP contribution in [0, 0.1) is 0 Å². The molecule has 0 saturated heterocycles. The monoisotopic (exact) mass is 369 g/mol. The predicted molar refractivity (Wildman–Crippen MR) is 102 cm³/mol. The molecule has 0 bridgehead atoms. The molecule has 0 spiro atoms. The fourth-order valence-electron chi connectivity index (χ4n) is 2.74. The van der Waals surface area contributed by atoms with E-state index < -0.39 is 0 Å². The van der Waals surface area contributed by atoms with Gasteiger partial charge in [0, 0.05) is 18.2 Å². The summed E-state index contributed by atoms with van der Waals surface area (Å²) in [4.78, 5) is 14.5. The van der Waals surface area contributed by atoms with Crippen LogP contribution in [-0.4, -0.2) is 29.2 Å². The van der Waals surface area contributed by atoms with Crippen molar-refractivity contribution in [3.05, 3.63) is 36.2 Å². The number of rotatable bonds is 6. The molecule has 8 heteroatoms. The van der Waals surface area contributed by atoms with Crippen LogP contribution < -0.4 is 20.5 Å². The lowest BCUT2D eigenvalue weighted by atomic mass is 10.2. The van der Waals surface area contributed by atoms with Crippen LogP contribution in [0.4, 0.5) is 16.8 Å². The molecule has 2 heterocycles. The molecule has 0 unspecified atom stereocenters. The fraction of sp³-hybridized carbons (Fsp3) is 0.278. The summed E-state index contributed by atoms with van der Waals surface area (Å²) < 4.78 is 10.7. The summed E-state index contributed by atoms with van der Waals surface area (Å²) >= 11 is 1.47. The van der Waals surface area contributed by atoms with Crippen LogP contribution >= 0.6 is 11.3 Å². The zero-order valence-corrected chi connectivity index (χ0v) is 15.3. The lowest BCUT2D eigenvalue weighted by Gasteiger charge is -2.12. The Hall–Kier alpha value is -2.87. The second-order valence-corrected chi connectivity index (χ2v) is 7.03. The highest BCUT2D eigenvalue weighted by atomic mass is 32.1. The van der Waals surface area contributed by atoms with E-state index in [1.165, 1.54) is 11.3 Å². The Morgan fingerprint density at radius 2 is 2.00 bits per heavy atom. The third-order valence-corrected chi connectivity index (χ3v) is 5.10. The zero-order valence-electron chi connectivity index (χ0n) is 14.5. The van der Waals surface area contributed by atoms with Crippen LogP contribution in [0.1, 0.15) is 24.5 Å². The highest BCUT2D eigenvalue weighted by Gasteiger charge is 2.30. The van der Waals surface area contributed by atoms with Gasteiger partial charge in [-0.3, -0.25) is 0 Å². The van der Waals surface area contributed by atoms with Crippen molar-refractivity contribution in [2.75, 3.05) is 25.3 Å². The van der Waals surface area contributed by atoms with Crippen molar-refractivity contribution in [3.63, 3.8) is 0 Å². The van der Waals surface area contributed by atoms with E-state index in [-0.39, 0.29) is 0 Å². The molecule has 134 valence electrons. The Bertz CT molecular complexity index is 939. The van der Waals surface area contributed by atoms with Gasteiger partial charge in [-0.1, -0.05) is 11.3 Å². The number of nitrogens with zero attached hydrogens (tertiary/aromatic N) is 3. The van der Waals surface area contributed by atoms with E-state index in [4.69, 9.17) is 15.2 Å². The van der Waals surface area contributed by atoms with Gasteiger partial charge in [0.2, 0.25) is 5.95 Å². The number of aromatic nitrogens is 3. The van der Waals surface area contributed by atoms with Gasteiger partial charge >= 0.3 is 0 Å². The minimum Gasteiger partial charge on any atom is -0.497 e. The first kappa shape index (κ1) is 16.6. The van der Waals surface area contributed by atoms with Gasteiger partial charge in [0.15, 0.2) is 5.13 Å². The summed E-state index contributed by atoms with van der Waals surface area (Å²) in [5, 5.41) is 3.78. The molecule has 4 rings (SSSR count). The zero-order chi connectivity index (χ0) is 18.1. The van der Waals surface area contributed by atoms with Gasteiger partial charge < -0.3 is 20.5 Å². The normalized spacial score (nSPS) is 13.5. The predicted octanol–water partition coefficient (Wildman–Crippen LogP) is 3.82. The van der Waals surface area contributed by atoms with E-state index in [0.717, 1.165) is 40.5 Å². The van der Waals surface area contributed by atoms with Crippen molar-refractivity contribution in [1.29, 1.82) is 0 Å². The lowest BCUT2D eigenvalue weighted by Crippen LogP contribution is -2.00. The molecule has 26 heavy (non-hydrogen) atoms. The molecule has 0 aliphatic heterocycles. The maximum absolute atomic E-state index is 5.93. The topological polar surface area (TPSA) is 95.2 Å². The third-order valence-electron chi connectivity index (χ3n) is 4.18. The Kier molecular flexibility index (Phi) is 4.34. The van der Waals surface area contributed by atoms with E-state index >= 15 is 0 Å². The van der Waals surface area contributed by atoms with Crippen LogP contribution in [0.5, 0.6) is 11.5 Å². The van der Waals surface area contributed by atoms with Crippen molar-refractivity contribution in [2.24, 2.45) is 0 Å². The number of nitrogen functional groups attached to an aromatic ring is 1. The van der Waals surface area contributed by atoms with Crippen LogP contribution in [0.15, 0.2) is 30.5 Å². The first-order valence-corrected chi connectivity index (χ1v) is 9.08. The molecule has 1 aliphatic rings. The van der Waals surface area contributed by atoms with Crippen LogP contribution in [-0.2, 0) is 0 Å². The van der Waals surface area contributed by atoms with Gasteiger partial charge in [0.05, 0.1) is 36.2 Å². The van der Waals surface area contributed by atoms with E-state index in [1.54, 1.807) is 20.4 Å². The first-order valence-electron chi connectivity index (χ1n) is 8.26. The molecule has 1 fully saturated rings. The number of nitrogens with one attached hydrogen (secondary N) is 1. The van der Waals surface area contributed by atoms with Crippen molar-refractivity contribution in [3.8, 4) is 22.1 Å². The van der Waals surface area contributed by atoms with Crippen molar-refractivity contribution in [1.82, 2.24) is 15.0 Å². The Labute approximate surface area is 155 Å². The maximum Gasteiger partial charge on any atom is 0.227 e. The number of methoxy groups -OCH3 is 2. The number of benzene rings is 1. The second kappa shape index (κ2) is 6.80. The van der Waals surface area contributed by atoms with Gasteiger partial charge in [0.1, 0.15) is 11.5 Å². The summed E-state index contributed by atoms with van der Waals surface area (Å²) in [5.41, 5.74) is 8.54. The lowest BCUT2D eigenvalue weighted by molar-refractivity contribution is 0.405. The summed E-state index contributed by atoms with van der Waals surface area (Å²) in [6.07, 6.45) is 4.05. The molecule has 0 amide bonds. The van der Waals surface area contributed by atoms with Gasteiger partial charge in [-0.2, -0.15) is 0 Å². The Balaban J connectivity index is 1.67. The van der Waals surface area contributed by atoms with E-state index in [0.29, 0.717) is 22.7 Å². The number of hydrogen-bond acceptors (Lipinski definition) is 8. The van der Waals surface area contributed by atoms with Gasteiger partial charge in [-0.25, -0.2) is 15.0 Å². The quantitative estimate of drug-likeness (QED) is 0.682. The average molecular weight is 369 g/mol. The van der Waals surface area contributed by atoms with Gasteiger partial charge in [0.25, 0.3) is 0 Å². The molecule has 1 aliphatic carbocycles. The molecule has 7 nitrogen and oxygen atoms in total. The highest BCUT2D eigenvalue weighted by Crippen LogP contribution is 2.46. The number of thiazole rings is 1. The SMILES string of the molecule is COc1ccc(OC)c(Nc2nccc(-c3sc(N)nc3C3CC3)n2)c1. The fourth-order valence-corrected chi connectivity index (χ4v) is 3.63. The summed E-state index contributed by atoms with van der Waals surface area (Å²) in [6.45, 7) is 0. The molecule has 3 N–H and O–H groups in total. The van der Waals surface area contributed by atoms with Gasteiger partial charge in [-0.05, 0) is 31.0 Å². The number of hydrogen-bond donors (Lipinski definition) is 2. The van der Waals surface area contributed by atoms with Crippen molar-refractivity contribution in [2.45, 2.75) is 18.8 Å². The maximum atomic E-state index is 5.93. The first-order chi connectivity index (χ1) is 12.7. The van der Waals surface area contributed by atoms with Gasteiger partial charge in [-0.15, -0.1) is 0 Å². The molecule has 1 saturated carbocycles. The van der Waals surface area contributed by atoms with Crippen LogP contribution in [0.2, 0.25) is 0 Å². The van der Waals surface area contributed by atoms with E-state index in [2.05, 4.69) is 20.3 Å².